The number of thiophene rings is 1. The van der Waals surface area contributed by atoms with Crippen LogP contribution in [-0.4, -0.2) is 56.9 Å². The number of aliphatic hydroxyl groups excluding tert-OH is 1. The molecular weight excluding hydrogens is 473 g/mol. The summed E-state index contributed by atoms with van der Waals surface area (Å²) in [5, 5.41) is 15.8. The van der Waals surface area contributed by atoms with Crippen LogP contribution in [0.25, 0.3) is 0 Å². The fourth-order valence-corrected chi connectivity index (χ4v) is 4.70. The van der Waals surface area contributed by atoms with Gasteiger partial charge in [0.15, 0.2) is 5.76 Å². The fourth-order valence-electron chi connectivity index (χ4n) is 3.99. The molecule has 0 saturated heterocycles. The number of nitrogens with one attached hydrogen (secondary N) is 1. The number of allylic oxidation sites excluding steroid dienone is 1. The van der Waals surface area contributed by atoms with Crippen molar-refractivity contribution in [2.45, 2.75) is 38.5 Å². The van der Waals surface area contributed by atoms with Gasteiger partial charge in [-0.3, -0.25) is 4.79 Å². The maximum absolute atomic E-state index is 13.3. The molecule has 35 heavy (non-hydrogen) atoms. The first-order valence-electron chi connectivity index (χ1n) is 11.9. The van der Waals surface area contributed by atoms with E-state index in [0.29, 0.717) is 39.5 Å². The van der Waals surface area contributed by atoms with Crippen molar-refractivity contribution in [3.8, 4) is 0 Å². The van der Waals surface area contributed by atoms with Crippen LogP contribution in [0.1, 0.15) is 43.4 Å². The number of hydrogen-bond donors (Lipinski definition) is 2. The van der Waals surface area contributed by atoms with Crippen LogP contribution in [0, 0.1) is 11.7 Å². The molecule has 9 heteroatoms. The Balaban J connectivity index is 1.71. The fraction of sp³-hybridized carbons (Fsp3) is 0.500. The number of halogens is 1. The summed E-state index contributed by atoms with van der Waals surface area (Å²) in [4.78, 5) is 13.1. The third-order valence-corrected chi connectivity index (χ3v) is 6.49. The molecule has 0 fully saturated rings. The highest BCUT2D eigenvalue weighted by molar-refractivity contribution is 7.08. The predicted octanol–water partition coefficient (Wildman–Crippen LogP) is 4.16. The van der Waals surface area contributed by atoms with Crippen LogP contribution in [-0.2, 0) is 23.7 Å². The molecule has 2 N–H and O–H groups in total. The van der Waals surface area contributed by atoms with Gasteiger partial charge in [0, 0.05) is 25.0 Å². The van der Waals surface area contributed by atoms with E-state index in [4.69, 9.17) is 24.1 Å². The van der Waals surface area contributed by atoms with Crippen molar-refractivity contribution in [2.75, 3.05) is 39.6 Å². The van der Waals surface area contributed by atoms with E-state index in [2.05, 4.69) is 10.7 Å². The summed E-state index contributed by atoms with van der Waals surface area (Å²) in [5.41, 5.74) is 1.89. The highest BCUT2D eigenvalue weighted by Gasteiger charge is 2.38. The minimum Gasteiger partial charge on any atom is -0.459 e. The molecule has 1 amide bonds. The van der Waals surface area contributed by atoms with Gasteiger partial charge in [0.05, 0.1) is 32.5 Å². The predicted molar refractivity (Wildman–Crippen MR) is 131 cm³/mol. The van der Waals surface area contributed by atoms with E-state index in [9.17, 15) is 9.18 Å². The number of carbonyl (C=O) groups is 1. The van der Waals surface area contributed by atoms with Crippen LogP contribution in [0.4, 0.5) is 4.39 Å². The summed E-state index contributed by atoms with van der Waals surface area (Å²) in [6.45, 7) is 5.79. The number of carbonyl (C=O) groups excluding carboxylic acids is 1. The zero-order valence-electron chi connectivity index (χ0n) is 20.2. The van der Waals surface area contributed by atoms with E-state index < -0.39 is 6.29 Å². The van der Waals surface area contributed by atoms with Gasteiger partial charge in [-0.25, -0.2) is 4.39 Å². The molecule has 2 heterocycles. The molecule has 3 rings (SSSR count). The quantitative estimate of drug-likeness (QED) is 0.374. The van der Waals surface area contributed by atoms with Crippen molar-refractivity contribution in [3.05, 3.63) is 69.9 Å². The van der Waals surface area contributed by atoms with Gasteiger partial charge in [-0.05, 0) is 66.4 Å². The van der Waals surface area contributed by atoms with Crippen molar-refractivity contribution >= 4 is 17.2 Å². The summed E-state index contributed by atoms with van der Waals surface area (Å²) < 4.78 is 36.2. The molecule has 0 unspecified atom stereocenters. The molecule has 0 radical (unpaired) electrons. The smallest absolute Gasteiger partial charge is 0.286 e. The Kier molecular flexibility index (Phi) is 11.2. The van der Waals surface area contributed by atoms with E-state index >= 15 is 0 Å². The van der Waals surface area contributed by atoms with Crippen molar-refractivity contribution in [2.24, 2.45) is 5.92 Å². The highest BCUT2D eigenvalue weighted by atomic mass is 32.1. The third kappa shape index (κ3) is 8.12. The molecule has 0 bridgehead atoms. The Bertz CT molecular complexity index is 920. The zero-order valence-corrected chi connectivity index (χ0v) is 21.0. The van der Waals surface area contributed by atoms with Gasteiger partial charge >= 0.3 is 0 Å². The van der Waals surface area contributed by atoms with Crippen molar-refractivity contribution in [1.82, 2.24) is 5.32 Å². The van der Waals surface area contributed by atoms with Gasteiger partial charge in [0.1, 0.15) is 5.82 Å². The lowest BCUT2D eigenvalue weighted by Gasteiger charge is -2.36. The van der Waals surface area contributed by atoms with Crippen molar-refractivity contribution < 1.29 is 33.2 Å². The molecule has 2 aromatic rings. The van der Waals surface area contributed by atoms with Crippen LogP contribution >= 0.6 is 11.3 Å². The van der Waals surface area contributed by atoms with E-state index in [1.165, 1.54) is 12.1 Å². The van der Waals surface area contributed by atoms with Crippen LogP contribution in [0.5, 0.6) is 0 Å². The van der Waals surface area contributed by atoms with E-state index in [0.717, 1.165) is 11.1 Å². The molecule has 4 atom stereocenters. The molecule has 1 aromatic heterocycles. The van der Waals surface area contributed by atoms with Gasteiger partial charge in [-0.2, -0.15) is 11.3 Å². The first-order chi connectivity index (χ1) is 17.0. The average Bonchev–Trinajstić information content (AvgIpc) is 3.39. The lowest BCUT2D eigenvalue weighted by molar-refractivity contribution is -0.168. The lowest BCUT2D eigenvalue weighted by Crippen LogP contribution is -2.39. The van der Waals surface area contributed by atoms with Crippen LogP contribution in [0.15, 0.2) is 52.9 Å². The SMILES string of the molecule is CCO[C@H]1OC(C(=O)N[C@@H](C)c2ccc(F)cc2)=C[C@@H](c2ccsc2)[C@H]1CCOCCOCCO. The number of aliphatic hydroxyl groups is 1. The summed E-state index contributed by atoms with van der Waals surface area (Å²) in [5.74, 6) is -0.584. The molecule has 7 nitrogen and oxygen atoms in total. The van der Waals surface area contributed by atoms with Crippen LogP contribution in [0.3, 0.4) is 0 Å². The van der Waals surface area contributed by atoms with Crippen LogP contribution < -0.4 is 5.32 Å². The Labute approximate surface area is 209 Å². The second kappa shape index (κ2) is 14.3. The lowest BCUT2D eigenvalue weighted by atomic mass is 9.82. The standard InChI is InChI=1S/C26H34FNO6S/c1-3-33-26-22(8-11-31-13-14-32-12-10-29)23(20-9-15-35-17-20)16-24(34-26)25(30)28-18(2)19-4-6-21(27)7-5-19/h4-7,9,15-18,22-23,26,29H,3,8,10-14H2,1-2H3,(H,28,30)/t18-,22+,23-,26-/m0/s1. The minimum atomic E-state index is -0.606. The highest BCUT2D eigenvalue weighted by Crippen LogP contribution is 2.39. The Morgan fingerprint density at radius 2 is 1.91 bits per heavy atom. The average molecular weight is 508 g/mol. The molecule has 1 aromatic carbocycles. The molecule has 1 aliphatic heterocycles. The number of rotatable bonds is 14. The third-order valence-electron chi connectivity index (χ3n) is 5.79. The molecule has 1 aliphatic rings. The summed E-state index contributed by atoms with van der Waals surface area (Å²) in [7, 11) is 0. The van der Waals surface area contributed by atoms with E-state index in [1.54, 1.807) is 23.5 Å². The first-order valence-corrected chi connectivity index (χ1v) is 12.8. The van der Waals surface area contributed by atoms with Gasteiger partial charge in [-0.15, -0.1) is 0 Å². The van der Waals surface area contributed by atoms with Crippen molar-refractivity contribution in [3.63, 3.8) is 0 Å². The normalized spacial score (nSPS) is 20.7. The van der Waals surface area contributed by atoms with Crippen LogP contribution in [0.2, 0.25) is 0 Å². The maximum atomic E-state index is 13.3. The number of benzene rings is 1. The number of amides is 1. The van der Waals surface area contributed by atoms with Gasteiger partial charge in [0.25, 0.3) is 5.91 Å². The number of ether oxygens (including phenoxy) is 4. The summed E-state index contributed by atoms with van der Waals surface area (Å²) in [6.07, 6.45) is 1.92. The molecular formula is C26H34FNO6S. The Morgan fingerprint density at radius 3 is 2.57 bits per heavy atom. The van der Waals surface area contributed by atoms with E-state index in [-0.39, 0.29) is 42.0 Å². The van der Waals surface area contributed by atoms with Gasteiger partial charge in [0.2, 0.25) is 6.29 Å². The topological polar surface area (TPSA) is 86.3 Å². The molecule has 192 valence electrons. The largest absolute Gasteiger partial charge is 0.459 e. The van der Waals surface area contributed by atoms with Gasteiger partial charge in [-0.1, -0.05) is 12.1 Å². The zero-order chi connectivity index (χ0) is 25.0. The second-order valence-electron chi connectivity index (χ2n) is 8.20. The Hall–Kier alpha value is -2.30. The maximum Gasteiger partial charge on any atom is 0.286 e. The molecule has 0 aliphatic carbocycles. The Morgan fingerprint density at radius 1 is 1.17 bits per heavy atom. The second-order valence-corrected chi connectivity index (χ2v) is 8.98. The van der Waals surface area contributed by atoms with Crippen molar-refractivity contribution in [1.29, 1.82) is 0 Å². The monoisotopic (exact) mass is 507 g/mol. The summed E-state index contributed by atoms with van der Waals surface area (Å²) in [6, 6.07) is 7.77. The van der Waals surface area contributed by atoms with E-state index in [1.807, 2.05) is 31.4 Å². The summed E-state index contributed by atoms with van der Waals surface area (Å²) >= 11 is 1.60. The first kappa shape index (κ1) is 27.3. The molecule has 0 saturated carbocycles. The minimum absolute atomic E-state index is 0.0112. The number of hydrogen-bond acceptors (Lipinski definition) is 7. The van der Waals surface area contributed by atoms with Gasteiger partial charge < -0.3 is 29.4 Å². The molecule has 0 spiro atoms.